The van der Waals surface area contributed by atoms with Gasteiger partial charge >= 0.3 is 0 Å². The van der Waals surface area contributed by atoms with Crippen molar-refractivity contribution in [1.29, 1.82) is 0 Å². The third-order valence-electron chi connectivity index (χ3n) is 3.26. The Kier molecular flexibility index (Phi) is 3.68. The maximum atomic E-state index is 10.5. The maximum absolute atomic E-state index is 10.5. The summed E-state index contributed by atoms with van der Waals surface area (Å²) >= 11 is 0. The molecule has 5 heteroatoms. The first-order valence-corrected chi connectivity index (χ1v) is 5.89. The molecule has 1 aromatic rings. The fourth-order valence-electron chi connectivity index (χ4n) is 2.19. The molecule has 0 saturated carbocycles. The molecule has 92 valence electrons. The summed E-state index contributed by atoms with van der Waals surface area (Å²) in [6.07, 6.45) is 6.27. The van der Waals surface area contributed by atoms with Gasteiger partial charge in [0.25, 0.3) is 0 Å². The Hall–Kier alpha value is -1.49. The molecule has 1 aromatic heterocycles. The van der Waals surface area contributed by atoms with Crippen molar-refractivity contribution in [2.24, 2.45) is 0 Å². The van der Waals surface area contributed by atoms with Crippen LogP contribution in [0.1, 0.15) is 23.2 Å². The first-order valence-electron chi connectivity index (χ1n) is 5.89. The van der Waals surface area contributed by atoms with Crippen molar-refractivity contribution in [2.75, 3.05) is 32.1 Å². The molecular weight excluding hydrogens is 216 g/mol. The maximum Gasteiger partial charge on any atom is 0.225 e. The number of likely N-dealkylation sites (N-methyl/N-ethyl adjacent to an activating group) is 2. The molecule has 17 heavy (non-hydrogen) atoms. The minimum absolute atomic E-state index is 0.454. The number of piperidine rings is 1. The summed E-state index contributed by atoms with van der Waals surface area (Å²) in [4.78, 5) is 23.4. The molecule has 1 fully saturated rings. The predicted molar refractivity (Wildman–Crippen MR) is 66.3 cm³/mol. The molecule has 0 radical (unpaired) electrons. The zero-order chi connectivity index (χ0) is 12.3. The van der Waals surface area contributed by atoms with E-state index >= 15 is 0 Å². The molecule has 1 aliphatic heterocycles. The smallest absolute Gasteiger partial charge is 0.225 e. The molecule has 1 aliphatic rings. The standard InChI is InChI=1S/C12H18N4O/c1-15-5-3-4-11(8-15)16(2)12-13-6-10(9-17)7-14-12/h6-7,9,11H,3-5,8H2,1-2H3. The normalized spacial score (nSPS) is 21.2. The molecule has 2 heterocycles. The Balaban J connectivity index is 2.07. The van der Waals surface area contributed by atoms with Crippen LogP contribution in [0, 0.1) is 0 Å². The van der Waals surface area contributed by atoms with Gasteiger partial charge in [-0.15, -0.1) is 0 Å². The van der Waals surface area contributed by atoms with E-state index in [0.717, 1.165) is 19.4 Å². The largest absolute Gasteiger partial charge is 0.340 e. The summed E-state index contributed by atoms with van der Waals surface area (Å²) in [5.74, 6) is 0.691. The third kappa shape index (κ3) is 2.79. The highest BCUT2D eigenvalue weighted by Crippen LogP contribution is 2.17. The van der Waals surface area contributed by atoms with Crippen molar-refractivity contribution in [1.82, 2.24) is 14.9 Å². The second kappa shape index (κ2) is 5.23. The molecule has 1 atom stereocenters. The highest BCUT2D eigenvalue weighted by atomic mass is 16.1. The van der Waals surface area contributed by atoms with Crippen LogP contribution in [0.3, 0.4) is 0 Å². The SMILES string of the molecule is CN1CCCC(N(C)c2ncc(C=O)cn2)C1. The van der Waals surface area contributed by atoms with Crippen LogP contribution in [-0.2, 0) is 0 Å². The number of likely N-dealkylation sites (tertiary alicyclic amines) is 1. The quantitative estimate of drug-likeness (QED) is 0.725. The molecule has 0 aliphatic carbocycles. The van der Waals surface area contributed by atoms with E-state index in [1.54, 1.807) is 12.4 Å². The lowest BCUT2D eigenvalue weighted by Gasteiger charge is -2.35. The Morgan fingerprint density at radius 1 is 1.47 bits per heavy atom. The lowest BCUT2D eigenvalue weighted by atomic mass is 10.1. The van der Waals surface area contributed by atoms with Crippen molar-refractivity contribution in [2.45, 2.75) is 18.9 Å². The lowest BCUT2D eigenvalue weighted by molar-refractivity contribution is 0.112. The zero-order valence-electron chi connectivity index (χ0n) is 10.3. The third-order valence-corrected chi connectivity index (χ3v) is 3.26. The Labute approximate surface area is 101 Å². The minimum Gasteiger partial charge on any atom is -0.340 e. The van der Waals surface area contributed by atoms with Crippen molar-refractivity contribution in [3.8, 4) is 0 Å². The molecule has 5 nitrogen and oxygen atoms in total. The first-order chi connectivity index (χ1) is 8.20. The average Bonchev–Trinajstić information content (AvgIpc) is 2.38. The van der Waals surface area contributed by atoms with Crippen LogP contribution in [0.4, 0.5) is 5.95 Å². The molecule has 2 rings (SSSR count). The molecular formula is C12H18N4O. The first kappa shape index (κ1) is 12.0. The number of carbonyl (C=O) groups is 1. The van der Waals surface area contributed by atoms with Gasteiger partial charge in [0.05, 0.1) is 5.56 Å². The van der Waals surface area contributed by atoms with Crippen LogP contribution in [-0.4, -0.2) is 54.4 Å². The van der Waals surface area contributed by atoms with E-state index in [9.17, 15) is 4.79 Å². The van der Waals surface area contributed by atoms with E-state index in [0.29, 0.717) is 17.6 Å². The van der Waals surface area contributed by atoms with Crippen molar-refractivity contribution in [3.05, 3.63) is 18.0 Å². The summed E-state index contributed by atoms with van der Waals surface area (Å²) < 4.78 is 0. The zero-order valence-corrected chi connectivity index (χ0v) is 10.3. The summed E-state index contributed by atoms with van der Waals surface area (Å²) in [6, 6.07) is 0.454. The number of nitrogens with zero attached hydrogens (tertiary/aromatic N) is 4. The van der Waals surface area contributed by atoms with E-state index in [-0.39, 0.29) is 0 Å². The van der Waals surface area contributed by atoms with E-state index in [1.807, 2.05) is 7.05 Å². The second-order valence-corrected chi connectivity index (χ2v) is 4.60. The van der Waals surface area contributed by atoms with Gasteiger partial charge in [0.15, 0.2) is 6.29 Å². The van der Waals surface area contributed by atoms with E-state index < -0.39 is 0 Å². The van der Waals surface area contributed by atoms with Gasteiger partial charge in [-0.05, 0) is 26.4 Å². The number of hydrogen-bond acceptors (Lipinski definition) is 5. The van der Waals surface area contributed by atoms with Gasteiger partial charge in [-0.1, -0.05) is 0 Å². The minimum atomic E-state index is 0.454. The molecule has 0 spiro atoms. The van der Waals surface area contributed by atoms with E-state index in [1.165, 1.54) is 12.8 Å². The van der Waals surface area contributed by atoms with Crippen molar-refractivity contribution < 1.29 is 4.79 Å². The Bertz CT molecular complexity index is 379. The van der Waals surface area contributed by atoms with Gasteiger partial charge in [-0.2, -0.15) is 0 Å². The molecule has 1 saturated heterocycles. The second-order valence-electron chi connectivity index (χ2n) is 4.60. The number of anilines is 1. The van der Waals surface area contributed by atoms with E-state index in [2.05, 4.69) is 26.8 Å². The average molecular weight is 234 g/mol. The Morgan fingerprint density at radius 3 is 2.76 bits per heavy atom. The fraction of sp³-hybridized carbons (Fsp3) is 0.583. The van der Waals surface area contributed by atoms with Gasteiger partial charge < -0.3 is 9.80 Å². The number of rotatable bonds is 3. The molecule has 0 N–H and O–H groups in total. The predicted octanol–water partition coefficient (Wildman–Crippen LogP) is 0.819. The van der Waals surface area contributed by atoms with Crippen LogP contribution in [0.5, 0.6) is 0 Å². The highest BCUT2D eigenvalue weighted by Gasteiger charge is 2.22. The van der Waals surface area contributed by atoms with Crippen molar-refractivity contribution in [3.63, 3.8) is 0 Å². The lowest BCUT2D eigenvalue weighted by Crippen LogP contribution is -2.45. The van der Waals surface area contributed by atoms with Crippen LogP contribution in [0.25, 0.3) is 0 Å². The van der Waals surface area contributed by atoms with Crippen molar-refractivity contribution >= 4 is 12.2 Å². The molecule has 0 bridgehead atoms. The number of carbonyl (C=O) groups excluding carboxylic acids is 1. The van der Waals surface area contributed by atoms with Crippen LogP contribution < -0.4 is 4.90 Å². The summed E-state index contributed by atoms with van der Waals surface area (Å²) in [5, 5.41) is 0. The van der Waals surface area contributed by atoms with Gasteiger partial charge in [-0.3, -0.25) is 4.79 Å². The van der Waals surface area contributed by atoms with Gasteiger partial charge in [0.1, 0.15) is 0 Å². The monoisotopic (exact) mass is 234 g/mol. The number of hydrogen-bond donors (Lipinski definition) is 0. The van der Waals surface area contributed by atoms with Gasteiger partial charge in [0, 0.05) is 32.0 Å². The van der Waals surface area contributed by atoms with Gasteiger partial charge in [0.2, 0.25) is 5.95 Å². The molecule has 1 unspecified atom stereocenters. The summed E-state index contributed by atoms with van der Waals surface area (Å²) in [7, 11) is 4.15. The summed E-state index contributed by atoms with van der Waals surface area (Å²) in [5.41, 5.74) is 0.517. The Morgan fingerprint density at radius 2 is 2.18 bits per heavy atom. The number of aldehydes is 1. The van der Waals surface area contributed by atoms with Crippen LogP contribution in [0.15, 0.2) is 12.4 Å². The van der Waals surface area contributed by atoms with E-state index in [4.69, 9.17) is 0 Å². The fourth-order valence-corrected chi connectivity index (χ4v) is 2.19. The summed E-state index contributed by atoms with van der Waals surface area (Å²) in [6.45, 7) is 2.20. The number of aromatic nitrogens is 2. The van der Waals surface area contributed by atoms with Crippen LogP contribution in [0.2, 0.25) is 0 Å². The molecule has 0 amide bonds. The molecule has 0 aromatic carbocycles. The van der Waals surface area contributed by atoms with Gasteiger partial charge in [-0.25, -0.2) is 9.97 Å². The topological polar surface area (TPSA) is 49.3 Å². The highest BCUT2D eigenvalue weighted by molar-refractivity contribution is 5.73. The van der Waals surface area contributed by atoms with Crippen LogP contribution >= 0.6 is 0 Å².